The van der Waals surface area contributed by atoms with Gasteiger partial charge in [-0.3, -0.25) is 0 Å². The van der Waals surface area contributed by atoms with E-state index < -0.39 is 5.60 Å². The molecule has 1 aromatic carbocycles. The van der Waals surface area contributed by atoms with Crippen LogP contribution in [-0.2, 0) is 5.60 Å². The number of hydrogen-bond acceptors (Lipinski definition) is 2. The average molecular weight is 308 g/mol. The third-order valence-electron chi connectivity index (χ3n) is 4.48. The molecule has 1 aliphatic heterocycles. The summed E-state index contributed by atoms with van der Waals surface area (Å²) in [4.78, 5) is 14.2. The molecular weight excluding hydrogens is 283 g/mol. The van der Waals surface area contributed by atoms with E-state index in [2.05, 4.69) is 5.32 Å². The van der Waals surface area contributed by atoms with Gasteiger partial charge in [0.1, 0.15) is 11.4 Å². The molecule has 1 aromatic rings. The van der Waals surface area contributed by atoms with Gasteiger partial charge in [-0.25, -0.2) is 9.18 Å². The summed E-state index contributed by atoms with van der Waals surface area (Å²) in [5, 5.41) is 13.3. The van der Waals surface area contributed by atoms with E-state index >= 15 is 0 Å². The summed E-state index contributed by atoms with van der Waals surface area (Å²) in [7, 11) is 0. The Balaban J connectivity index is 1.98. The Bertz CT molecular complexity index is 506. The van der Waals surface area contributed by atoms with Crippen LogP contribution in [0.4, 0.5) is 9.18 Å². The normalized spacial score (nSPS) is 24.7. The van der Waals surface area contributed by atoms with Crippen molar-refractivity contribution in [2.75, 3.05) is 6.54 Å². The Kier molecular flexibility index (Phi) is 5.06. The predicted molar refractivity (Wildman–Crippen MR) is 84.0 cm³/mol. The zero-order chi connectivity index (χ0) is 16.3. The molecule has 1 fully saturated rings. The molecule has 1 saturated heterocycles. The van der Waals surface area contributed by atoms with Gasteiger partial charge in [-0.05, 0) is 57.7 Å². The lowest BCUT2D eigenvalue weighted by atomic mass is 9.95. The lowest BCUT2D eigenvalue weighted by Crippen LogP contribution is -2.53. The SMILES string of the molecule is CC1CCCC(C)N1C(=O)NCC(C)(O)c1ccc(F)cc1. The number of urea groups is 1. The van der Waals surface area contributed by atoms with Crippen molar-refractivity contribution >= 4 is 6.03 Å². The molecule has 3 unspecified atom stereocenters. The first kappa shape index (κ1) is 16.7. The number of nitrogens with zero attached hydrogens (tertiary/aromatic N) is 1. The highest BCUT2D eigenvalue weighted by atomic mass is 19.1. The Morgan fingerprint density at radius 2 is 1.86 bits per heavy atom. The third-order valence-corrected chi connectivity index (χ3v) is 4.48. The molecule has 0 radical (unpaired) electrons. The zero-order valence-corrected chi connectivity index (χ0v) is 13.5. The van der Waals surface area contributed by atoms with Crippen molar-refractivity contribution in [3.05, 3.63) is 35.6 Å². The van der Waals surface area contributed by atoms with E-state index in [4.69, 9.17) is 0 Å². The zero-order valence-electron chi connectivity index (χ0n) is 13.5. The van der Waals surface area contributed by atoms with E-state index in [0.29, 0.717) is 5.56 Å². The third kappa shape index (κ3) is 3.77. The van der Waals surface area contributed by atoms with Crippen LogP contribution in [0.15, 0.2) is 24.3 Å². The van der Waals surface area contributed by atoms with E-state index in [1.165, 1.54) is 24.3 Å². The first-order valence-corrected chi connectivity index (χ1v) is 7.86. The van der Waals surface area contributed by atoms with Crippen LogP contribution in [0.2, 0.25) is 0 Å². The molecule has 0 aromatic heterocycles. The lowest BCUT2D eigenvalue weighted by molar-refractivity contribution is 0.0536. The summed E-state index contributed by atoms with van der Waals surface area (Å²) >= 11 is 0. The van der Waals surface area contributed by atoms with Crippen LogP contribution in [0.25, 0.3) is 0 Å². The minimum atomic E-state index is -1.23. The van der Waals surface area contributed by atoms with Gasteiger partial charge < -0.3 is 15.3 Å². The van der Waals surface area contributed by atoms with Crippen molar-refractivity contribution in [3.63, 3.8) is 0 Å². The fourth-order valence-electron chi connectivity index (χ4n) is 3.07. The number of piperidine rings is 1. The summed E-state index contributed by atoms with van der Waals surface area (Å²) in [5.41, 5.74) is -0.653. The molecule has 2 rings (SSSR count). The summed E-state index contributed by atoms with van der Waals surface area (Å²) in [6, 6.07) is 5.95. The van der Waals surface area contributed by atoms with Crippen molar-refractivity contribution in [2.45, 2.75) is 57.7 Å². The number of rotatable bonds is 3. The van der Waals surface area contributed by atoms with E-state index in [9.17, 15) is 14.3 Å². The van der Waals surface area contributed by atoms with Gasteiger partial charge in [-0.15, -0.1) is 0 Å². The molecule has 2 amide bonds. The van der Waals surface area contributed by atoms with Crippen LogP contribution in [-0.4, -0.2) is 34.7 Å². The van der Waals surface area contributed by atoms with Gasteiger partial charge in [0.05, 0.1) is 6.54 Å². The smallest absolute Gasteiger partial charge is 0.317 e. The van der Waals surface area contributed by atoms with Crippen LogP contribution in [0.5, 0.6) is 0 Å². The molecule has 3 atom stereocenters. The lowest BCUT2D eigenvalue weighted by Gasteiger charge is -2.39. The van der Waals surface area contributed by atoms with E-state index in [-0.39, 0.29) is 30.5 Å². The fourth-order valence-corrected chi connectivity index (χ4v) is 3.07. The second kappa shape index (κ2) is 6.65. The van der Waals surface area contributed by atoms with Crippen molar-refractivity contribution in [3.8, 4) is 0 Å². The van der Waals surface area contributed by atoms with Crippen molar-refractivity contribution in [1.82, 2.24) is 10.2 Å². The molecule has 0 bridgehead atoms. The van der Waals surface area contributed by atoms with Gasteiger partial charge in [0, 0.05) is 12.1 Å². The van der Waals surface area contributed by atoms with Gasteiger partial charge in [0.15, 0.2) is 0 Å². The quantitative estimate of drug-likeness (QED) is 0.902. The Hall–Kier alpha value is -1.62. The molecule has 1 heterocycles. The van der Waals surface area contributed by atoms with Gasteiger partial charge in [0.25, 0.3) is 0 Å². The molecule has 5 heteroatoms. The topological polar surface area (TPSA) is 52.6 Å². The number of likely N-dealkylation sites (tertiary alicyclic amines) is 1. The number of nitrogens with one attached hydrogen (secondary N) is 1. The Morgan fingerprint density at radius 1 is 1.32 bits per heavy atom. The average Bonchev–Trinajstić information content (AvgIpc) is 2.45. The minimum Gasteiger partial charge on any atom is -0.384 e. The van der Waals surface area contributed by atoms with Gasteiger partial charge >= 0.3 is 6.03 Å². The van der Waals surface area contributed by atoms with Crippen LogP contribution < -0.4 is 5.32 Å². The highest BCUT2D eigenvalue weighted by molar-refractivity contribution is 5.75. The maximum absolute atomic E-state index is 13.0. The van der Waals surface area contributed by atoms with Crippen LogP contribution in [0.3, 0.4) is 0 Å². The molecule has 0 aliphatic carbocycles. The molecular formula is C17H25FN2O2. The summed E-state index contributed by atoms with van der Waals surface area (Å²) < 4.78 is 13.0. The number of benzene rings is 1. The molecule has 4 nitrogen and oxygen atoms in total. The van der Waals surface area contributed by atoms with Crippen LogP contribution in [0.1, 0.15) is 45.6 Å². The number of aliphatic hydroxyl groups is 1. The highest BCUT2D eigenvalue weighted by Gasteiger charge is 2.31. The van der Waals surface area contributed by atoms with E-state index in [0.717, 1.165) is 19.3 Å². The van der Waals surface area contributed by atoms with Gasteiger partial charge in [0.2, 0.25) is 0 Å². The largest absolute Gasteiger partial charge is 0.384 e. The van der Waals surface area contributed by atoms with Crippen molar-refractivity contribution in [1.29, 1.82) is 0 Å². The van der Waals surface area contributed by atoms with Crippen molar-refractivity contribution < 1.29 is 14.3 Å². The first-order chi connectivity index (χ1) is 10.3. The number of carbonyl (C=O) groups is 1. The number of amides is 2. The maximum Gasteiger partial charge on any atom is 0.317 e. The second-order valence-electron chi connectivity index (χ2n) is 6.48. The van der Waals surface area contributed by atoms with Crippen LogP contribution in [0, 0.1) is 5.82 Å². The van der Waals surface area contributed by atoms with E-state index in [1.807, 2.05) is 18.7 Å². The summed E-state index contributed by atoms with van der Waals surface area (Å²) in [5.74, 6) is -0.348. The van der Waals surface area contributed by atoms with Gasteiger partial charge in [-0.2, -0.15) is 0 Å². The van der Waals surface area contributed by atoms with E-state index in [1.54, 1.807) is 6.92 Å². The maximum atomic E-state index is 13.0. The molecule has 0 spiro atoms. The van der Waals surface area contributed by atoms with Crippen molar-refractivity contribution in [2.24, 2.45) is 0 Å². The fraction of sp³-hybridized carbons (Fsp3) is 0.588. The molecule has 0 saturated carbocycles. The molecule has 1 aliphatic rings. The standard InChI is InChI=1S/C17H25FN2O2/c1-12-5-4-6-13(2)20(12)16(21)19-11-17(3,22)14-7-9-15(18)10-8-14/h7-10,12-13,22H,4-6,11H2,1-3H3,(H,19,21). The van der Waals surface area contributed by atoms with Gasteiger partial charge in [-0.1, -0.05) is 12.1 Å². The highest BCUT2D eigenvalue weighted by Crippen LogP contribution is 2.23. The molecule has 2 N–H and O–H groups in total. The second-order valence-corrected chi connectivity index (χ2v) is 6.48. The minimum absolute atomic E-state index is 0.0907. The number of carbonyl (C=O) groups excluding carboxylic acids is 1. The number of hydrogen-bond donors (Lipinski definition) is 2. The molecule has 122 valence electrons. The Labute approximate surface area is 131 Å². The predicted octanol–water partition coefficient (Wildman–Crippen LogP) is 3.01. The van der Waals surface area contributed by atoms with Crippen LogP contribution >= 0.6 is 0 Å². The monoisotopic (exact) mass is 308 g/mol. The first-order valence-electron chi connectivity index (χ1n) is 7.86. The number of halogens is 1. The summed E-state index contributed by atoms with van der Waals surface area (Å²) in [6.07, 6.45) is 3.15. The molecule has 22 heavy (non-hydrogen) atoms. The summed E-state index contributed by atoms with van der Waals surface area (Å²) in [6.45, 7) is 5.80. The Morgan fingerprint density at radius 3 is 2.41 bits per heavy atom.